The lowest BCUT2D eigenvalue weighted by Gasteiger charge is -2.07. The lowest BCUT2D eigenvalue weighted by Crippen LogP contribution is -2.31. The molecule has 41 heavy (non-hydrogen) atoms. The molecule has 0 amide bonds. The Morgan fingerprint density at radius 1 is 1.10 bits per heavy atom. The number of aromatic nitrogens is 5. The van der Waals surface area contributed by atoms with E-state index in [-0.39, 0.29) is 29.7 Å². The summed E-state index contributed by atoms with van der Waals surface area (Å²) in [5.74, 6) is 0. The predicted octanol–water partition coefficient (Wildman–Crippen LogP) is 2.02. The van der Waals surface area contributed by atoms with E-state index < -0.39 is 10.4 Å². The van der Waals surface area contributed by atoms with Crippen LogP contribution in [0.2, 0.25) is 0 Å². The summed E-state index contributed by atoms with van der Waals surface area (Å²) in [6.07, 6.45) is 3.73. The first kappa shape index (κ1) is 28.0. The third-order valence-corrected chi connectivity index (χ3v) is 7.12. The number of aliphatic hydroxyl groups excluding tert-OH is 1. The third-order valence-electron chi connectivity index (χ3n) is 6.71. The summed E-state index contributed by atoms with van der Waals surface area (Å²) in [6.45, 7) is 3.70. The van der Waals surface area contributed by atoms with E-state index in [1.165, 1.54) is 0 Å². The molecule has 2 aromatic carbocycles. The largest absolute Gasteiger partial charge is 0.726 e. The summed E-state index contributed by atoms with van der Waals surface area (Å²) < 4.78 is 36.3. The van der Waals surface area contributed by atoms with E-state index in [0.717, 1.165) is 23.4 Å². The van der Waals surface area contributed by atoms with Crippen molar-refractivity contribution in [2.24, 2.45) is 17.3 Å². The number of aryl methyl sites for hydroxylation is 3. The zero-order chi connectivity index (χ0) is 29.6. The van der Waals surface area contributed by atoms with Crippen molar-refractivity contribution in [3.05, 3.63) is 74.6 Å². The fourth-order valence-electron chi connectivity index (χ4n) is 4.90. The van der Waals surface area contributed by atoms with Crippen molar-refractivity contribution in [3.63, 3.8) is 0 Å². The number of fused-ring (bicyclic) bond motifs is 3. The molecule has 0 aliphatic carbocycles. The molecule has 6 rings (SSSR count). The summed E-state index contributed by atoms with van der Waals surface area (Å²) in [7, 11) is -1.75. The minimum Gasteiger partial charge on any atom is -0.726 e. The van der Waals surface area contributed by atoms with E-state index in [4.69, 9.17) is 0 Å². The van der Waals surface area contributed by atoms with Gasteiger partial charge in [-0.3, -0.25) is 13.8 Å². The van der Waals surface area contributed by atoms with E-state index >= 15 is 0 Å². The van der Waals surface area contributed by atoms with Crippen LogP contribution >= 0.6 is 0 Å². The normalized spacial score (nSPS) is 12.2. The zero-order valence-electron chi connectivity index (χ0n) is 22.4. The Morgan fingerprint density at radius 2 is 1.80 bits per heavy atom. The Morgan fingerprint density at radius 3 is 2.49 bits per heavy atom. The Labute approximate surface area is 232 Å². The summed E-state index contributed by atoms with van der Waals surface area (Å²) in [5.41, 5.74) is 3.56. The van der Waals surface area contributed by atoms with Crippen LogP contribution in [0.25, 0.3) is 38.4 Å². The van der Waals surface area contributed by atoms with Crippen molar-refractivity contribution in [1.29, 1.82) is 0 Å². The average Bonchev–Trinajstić information content (AvgIpc) is 3.47. The van der Waals surface area contributed by atoms with Gasteiger partial charge in [0.1, 0.15) is 23.6 Å². The molecule has 0 atom stereocenters. The van der Waals surface area contributed by atoms with Crippen LogP contribution in [-0.4, -0.2) is 51.0 Å². The number of nitrogens with zero attached hydrogens (tertiary/aromatic N) is 6. The van der Waals surface area contributed by atoms with Gasteiger partial charge in [-0.15, -0.1) is 10.2 Å². The molecular formula is C26H25N7O7S. The SMILES string of the molecule is COS(=O)(=O)[O-].Cc1[nH]c2c(c(C)nn2CCO)c(=O)c1N=Nc1ccc2c3c1cccc3c(=O)c1n2cc[n+]1C. The monoisotopic (exact) mass is 579 g/mol. The van der Waals surface area contributed by atoms with Gasteiger partial charge in [0.05, 0.1) is 44.1 Å². The van der Waals surface area contributed by atoms with Crippen molar-refractivity contribution in [1.82, 2.24) is 19.2 Å². The van der Waals surface area contributed by atoms with Gasteiger partial charge in [-0.1, -0.05) is 12.1 Å². The van der Waals surface area contributed by atoms with E-state index in [1.807, 2.05) is 58.7 Å². The number of nitrogens with one attached hydrogen (secondary N) is 1. The molecule has 212 valence electrons. The Balaban J connectivity index is 0.000000511. The summed E-state index contributed by atoms with van der Waals surface area (Å²) >= 11 is 0. The van der Waals surface area contributed by atoms with Crippen LogP contribution in [0.4, 0.5) is 11.4 Å². The molecule has 4 heterocycles. The van der Waals surface area contributed by atoms with Crippen molar-refractivity contribution < 1.29 is 26.8 Å². The molecule has 0 unspecified atom stereocenters. The topological polar surface area (TPSA) is 187 Å². The first-order valence-corrected chi connectivity index (χ1v) is 13.6. The number of benzene rings is 2. The zero-order valence-corrected chi connectivity index (χ0v) is 23.3. The van der Waals surface area contributed by atoms with Crippen molar-refractivity contribution in [2.75, 3.05) is 13.7 Å². The molecule has 0 spiro atoms. The van der Waals surface area contributed by atoms with E-state index in [9.17, 15) is 27.7 Å². The molecule has 15 heteroatoms. The number of aromatic amines is 1. The van der Waals surface area contributed by atoms with Crippen molar-refractivity contribution >= 4 is 60.1 Å². The number of H-pyrrole nitrogens is 1. The smallest absolute Gasteiger partial charge is 0.335 e. The van der Waals surface area contributed by atoms with Crippen LogP contribution in [-0.2, 0) is 28.2 Å². The fraction of sp³-hybridized carbons (Fsp3) is 0.231. The van der Waals surface area contributed by atoms with Gasteiger partial charge in [0.2, 0.25) is 15.8 Å². The predicted molar refractivity (Wildman–Crippen MR) is 149 cm³/mol. The Kier molecular flexibility index (Phi) is 7.12. The molecule has 14 nitrogen and oxygen atoms in total. The molecule has 6 aromatic rings. The second-order valence-corrected chi connectivity index (χ2v) is 10.4. The lowest BCUT2D eigenvalue weighted by atomic mass is 10.0. The van der Waals surface area contributed by atoms with Gasteiger partial charge in [0, 0.05) is 21.9 Å². The maximum absolute atomic E-state index is 13.3. The van der Waals surface area contributed by atoms with Crippen LogP contribution in [0.5, 0.6) is 0 Å². The molecule has 0 fully saturated rings. The van der Waals surface area contributed by atoms with Gasteiger partial charge < -0.3 is 14.6 Å². The first-order valence-electron chi connectivity index (χ1n) is 12.3. The van der Waals surface area contributed by atoms with E-state index in [1.54, 1.807) is 18.5 Å². The maximum Gasteiger partial charge on any atom is 0.335 e. The Hall–Kier alpha value is -4.57. The highest BCUT2D eigenvalue weighted by molar-refractivity contribution is 7.80. The molecule has 0 saturated heterocycles. The van der Waals surface area contributed by atoms with Crippen LogP contribution in [0.3, 0.4) is 0 Å². The second-order valence-electron chi connectivity index (χ2n) is 9.22. The van der Waals surface area contributed by atoms with E-state index in [2.05, 4.69) is 24.5 Å². The fourth-order valence-corrected chi connectivity index (χ4v) is 4.90. The molecule has 4 aromatic heterocycles. The average molecular weight is 580 g/mol. The number of rotatable bonds is 5. The summed E-state index contributed by atoms with van der Waals surface area (Å²) in [6, 6.07) is 9.32. The lowest BCUT2D eigenvalue weighted by molar-refractivity contribution is -0.644. The van der Waals surface area contributed by atoms with Gasteiger partial charge in [-0.05, 0) is 32.0 Å². The Bertz CT molecular complexity index is 2220. The number of imidazole rings is 1. The molecule has 0 saturated carbocycles. The quantitative estimate of drug-likeness (QED) is 0.134. The van der Waals surface area contributed by atoms with Gasteiger partial charge in [-0.2, -0.15) is 9.50 Å². The number of azo groups is 1. The van der Waals surface area contributed by atoms with Crippen LogP contribution in [0, 0.1) is 13.8 Å². The summed E-state index contributed by atoms with van der Waals surface area (Å²) in [4.78, 5) is 29.7. The minimum atomic E-state index is -4.41. The number of pyridine rings is 2. The molecule has 0 radical (unpaired) electrons. The maximum atomic E-state index is 13.3. The molecule has 0 aliphatic rings. The van der Waals surface area contributed by atoms with Crippen LogP contribution < -0.4 is 15.4 Å². The minimum absolute atomic E-state index is 0.0576. The molecular weight excluding hydrogens is 554 g/mol. The van der Waals surface area contributed by atoms with Crippen LogP contribution in [0.15, 0.2) is 62.5 Å². The highest BCUT2D eigenvalue weighted by atomic mass is 32.3. The highest BCUT2D eigenvalue weighted by Crippen LogP contribution is 2.33. The van der Waals surface area contributed by atoms with Gasteiger partial charge >= 0.3 is 5.65 Å². The summed E-state index contributed by atoms with van der Waals surface area (Å²) in [5, 5.41) is 25.1. The first-order chi connectivity index (χ1) is 19.5. The molecule has 2 N–H and O–H groups in total. The second kappa shape index (κ2) is 10.4. The molecule has 0 aliphatic heterocycles. The van der Waals surface area contributed by atoms with Gasteiger partial charge in [0.25, 0.3) is 5.43 Å². The van der Waals surface area contributed by atoms with E-state index in [0.29, 0.717) is 39.1 Å². The van der Waals surface area contributed by atoms with Crippen LogP contribution in [0.1, 0.15) is 11.4 Å². The van der Waals surface area contributed by atoms with Crippen molar-refractivity contribution in [2.45, 2.75) is 20.4 Å². The van der Waals surface area contributed by atoms with Gasteiger partial charge in [0.15, 0.2) is 5.69 Å². The molecule has 0 bridgehead atoms. The standard InChI is InChI=1S/C25H21N7O3.CH4O4S/c1-13-19-23(35)21(14(2)26-24(19)32(29-13)11-12-33)28-27-17-7-8-18-20-15(17)5-4-6-16(20)22(34)25-30(3)9-10-31(18)25;1-5-6(2,3)4/h4-10,33H,11-12H2,1-3H3;1H3,(H,2,3,4). The number of aliphatic hydroxyl groups is 1. The number of hydrogen-bond donors (Lipinski definition) is 2. The van der Waals surface area contributed by atoms with Crippen molar-refractivity contribution in [3.8, 4) is 0 Å². The third kappa shape index (κ3) is 4.84. The highest BCUT2D eigenvalue weighted by Gasteiger charge is 2.21. The van der Waals surface area contributed by atoms with Gasteiger partial charge in [-0.25, -0.2) is 17.7 Å². The number of hydrogen-bond acceptors (Lipinski definition) is 10.